The quantitative estimate of drug-likeness (QED) is 0.799. The van der Waals surface area contributed by atoms with Crippen molar-refractivity contribution in [1.29, 1.82) is 0 Å². The van der Waals surface area contributed by atoms with Crippen LogP contribution in [-0.4, -0.2) is 0 Å². The number of rotatable bonds is 2. The molecule has 0 heterocycles. The first-order chi connectivity index (χ1) is 7.20. The van der Waals surface area contributed by atoms with Gasteiger partial charge in [-0.05, 0) is 24.8 Å². The van der Waals surface area contributed by atoms with E-state index in [1.165, 1.54) is 6.07 Å². The van der Waals surface area contributed by atoms with E-state index in [0.717, 1.165) is 31.7 Å². The van der Waals surface area contributed by atoms with E-state index >= 15 is 0 Å². The van der Waals surface area contributed by atoms with Crippen molar-refractivity contribution in [3.63, 3.8) is 0 Å². The first kappa shape index (κ1) is 10.6. The topological polar surface area (TPSA) is 26.0 Å². The molecule has 1 saturated carbocycles. The summed E-state index contributed by atoms with van der Waals surface area (Å²) in [6.07, 6.45) is 4.35. The third-order valence-electron chi connectivity index (χ3n) is 3.25. The number of benzene rings is 1. The highest BCUT2D eigenvalue weighted by Gasteiger charge is 2.25. The average molecular weight is 211 g/mol. The second-order valence-corrected chi connectivity index (χ2v) is 4.21. The minimum absolute atomic E-state index is 0.307. The standard InChI is InChI=1S/C12H15F2N/c13-10-7-3-6-9(11(10)14)12(15)8-4-1-2-5-8/h3,6-8,12H,1-2,4-5,15H2/t12-/m0/s1. The smallest absolute Gasteiger partial charge is 0.163 e. The Bertz CT molecular complexity index is 345. The van der Waals surface area contributed by atoms with Crippen LogP contribution in [0.25, 0.3) is 0 Å². The molecule has 1 aromatic carbocycles. The van der Waals surface area contributed by atoms with Gasteiger partial charge in [-0.2, -0.15) is 0 Å². The van der Waals surface area contributed by atoms with Gasteiger partial charge in [0.2, 0.25) is 0 Å². The van der Waals surface area contributed by atoms with Crippen molar-refractivity contribution in [1.82, 2.24) is 0 Å². The summed E-state index contributed by atoms with van der Waals surface area (Å²) in [5.74, 6) is -1.28. The number of hydrogen-bond acceptors (Lipinski definition) is 1. The van der Waals surface area contributed by atoms with Gasteiger partial charge in [0.1, 0.15) is 0 Å². The van der Waals surface area contributed by atoms with Crippen molar-refractivity contribution >= 4 is 0 Å². The van der Waals surface area contributed by atoms with Gasteiger partial charge in [0.25, 0.3) is 0 Å². The van der Waals surface area contributed by atoms with Crippen LogP contribution in [0.2, 0.25) is 0 Å². The maximum absolute atomic E-state index is 13.5. The van der Waals surface area contributed by atoms with Crippen molar-refractivity contribution < 1.29 is 8.78 Å². The van der Waals surface area contributed by atoms with E-state index in [4.69, 9.17) is 5.73 Å². The van der Waals surface area contributed by atoms with Gasteiger partial charge >= 0.3 is 0 Å². The summed E-state index contributed by atoms with van der Waals surface area (Å²) in [5.41, 5.74) is 6.28. The second kappa shape index (κ2) is 4.27. The lowest BCUT2D eigenvalue weighted by molar-refractivity contribution is 0.415. The van der Waals surface area contributed by atoms with E-state index in [0.29, 0.717) is 11.5 Å². The first-order valence-corrected chi connectivity index (χ1v) is 5.39. The molecule has 0 aliphatic heterocycles. The molecule has 1 atom stereocenters. The Hall–Kier alpha value is -0.960. The predicted octanol–water partition coefficient (Wildman–Crippen LogP) is 3.15. The highest BCUT2D eigenvalue weighted by molar-refractivity contribution is 5.23. The molecular formula is C12H15F2N. The Morgan fingerprint density at radius 1 is 1.20 bits per heavy atom. The molecule has 0 bridgehead atoms. The fraction of sp³-hybridized carbons (Fsp3) is 0.500. The molecule has 3 heteroatoms. The summed E-state index contributed by atoms with van der Waals surface area (Å²) >= 11 is 0. The van der Waals surface area contributed by atoms with Gasteiger partial charge in [-0.15, -0.1) is 0 Å². The lowest BCUT2D eigenvalue weighted by atomic mass is 9.92. The van der Waals surface area contributed by atoms with Crippen LogP contribution in [0.15, 0.2) is 18.2 Å². The van der Waals surface area contributed by atoms with E-state index in [-0.39, 0.29) is 6.04 Å². The van der Waals surface area contributed by atoms with Crippen LogP contribution in [0.3, 0.4) is 0 Å². The normalized spacial score (nSPS) is 19.4. The SMILES string of the molecule is N[C@H](c1cccc(F)c1F)C1CCCC1. The third kappa shape index (κ3) is 2.02. The molecule has 0 radical (unpaired) electrons. The number of hydrogen-bond donors (Lipinski definition) is 1. The molecule has 1 fully saturated rings. The van der Waals surface area contributed by atoms with Gasteiger partial charge < -0.3 is 5.73 Å². The summed E-state index contributed by atoms with van der Waals surface area (Å²) in [4.78, 5) is 0. The first-order valence-electron chi connectivity index (χ1n) is 5.39. The van der Waals surface area contributed by atoms with Crippen molar-refractivity contribution in [2.45, 2.75) is 31.7 Å². The van der Waals surface area contributed by atoms with E-state index < -0.39 is 11.6 Å². The second-order valence-electron chi connectivity index (χ2n) is 4.21. The van der Waals surface area contributed by atoms with Crippen LogP contribution in [0, 0.1) is 17.6 Å². The minimum atomic E-state index is -0.805. The fourth-order valence-corrected chi connectivity index (χ4v) is 2.35. The molecule has 2 rings (SSSR count). The van der Waals surface area contributed by atoms with Crippen molar-refractivity contribution in [3.8, 4) is 0 Å². The van der Waals surface area contributed by atoms with Crippen LogP contribution in [-0.2, 0) is 0 Å². The highest BCUT2D eigenvalue weighted by atomic mass is 19.2. The lowest BCUT2D eigenvalue weighted by Gasteiger charge is -2.19. The molecule has 15 heavy (non-hydrogen) atoms. The third-order valence-corrected chi connectivity index (χ3v) is 3.25. The molecule has 1 aliphatic rings. The molecule has 0 saturated heterocycles. The number of halogens is 2. The van der Waals surface area contributed by atoms with Crippen LogP contribution < -0.4 is 5.73 Å². The average Bonchev–Trinajstić information content (AvgIpc) is 2.74. The Morgan fingerprint density at radius 3 is 2.53 bits per heavy atom. The zero-order valence-corrected chi connectivity index (χ0v) is 8.55. The summed E-state index contributed by atoms with van der Waals surface area (Å²) in [7, 11) is 0. The van der Waals surface area contributed by atoms with Crippen LogP contribution in [0.1, 0.15) is 37.3 Å². The summed E-state index contributed by atoms with van der Waals surface area (Å²) in [6, 6.07) is 3.87. The van der Waals surface area contributed by atoms with Crippen molar-refractivity contribution in [3.05, 3.63) is 35.4 Å². The molecule has 0 aromatic heterocycles. The zero-order valence-electron chi connectivity index (χ0n) is 8.55. The van der Waals surface area contributed by atoms with Gasteiger partial charge in [0.05, 0.1) is 0 Å². The number of nitrogens with two attached hydrogens (primary N) is 1. The highest BCUT2D eigenvalue weighted by Crippen LogP contribution is 2.35. The Labute approximate surface area is 88.3 Å². The van der Waals surface area contributed by atoms with E-state index in [1.807, 2.05) is 0 Å². The van der Waals surface area contributed by atoms with Gasteiger partial charge in [0.15, 0.2) is 11.6 Å². The molecular weight excluding hydrogens is 196 g/mol. The molecule has 0 unspecified atom stereocenters. The Kier molecular flexibility index (Phi) is 3.00. The van der Waals surface area contributed by atoms with E-state index in [1.54, 1.807) is 6.07 Å². The minimum Gasteiger partial charge on any atom is -0.324 e. The molecule has 0 amide bonds. The Balaban J connectivity index is 2.24. The maximum atomic E-state index is 13.5. The van der Waals surface area contributed by atoms with Gasteiger partial charge in [0, 0.05) is 11.6 Å². The van der Waals surface area contributed by atoms with Gasteiger partial charge in [-0.25, -0.2) is 8.78 Å². The van der Waals surface area contributed by atoms with E-state index in [9.17, 15) is 8.78 Å². The van der Waals surface area contributed by atoms with Crippen LogP contribution >= 0.6 is 0 Å². The monoisotopic (exact) mass is 211 g/mol. The zero-order chi connectivity index (χ0) is 10.8. The molecule has 2 N–H and O–H groups in total. The van der Waals surface area contributed by atoms with Crippen molar-refractivity contribution in [2.75, 3.05) is 0 Å². The van der Waals surface area contributed by atoms with Crippen LogP contribution in [0.5, 0.6) is 0 Å². The van der Waals surface area contributed by atoms with Crippen molar-refractivity contribution in [2.24, 2.45) is 11.7 Å². The summed E-state index contributed by atoms with van der Waals surface area (Å²) < 4.78 is 26.4. The largest absolute Gasteiger partial charge is 0.324 e. The summed E-state index contributed by atoms with van der Waals surface area (Å²) in [5, 5.41) is 0. The van der Waals surface area contributed by atoms with Gasteiger partial charge in [-0.3, -0.25) is 0 Å². The van der Waals surface area contributed by atoms with E-state index in [2.05, 4.69) is 0 Å². The molecule has 1 aliphatic carbocycles. The molecule has 1 nitrogen and oxygen atoms in total. The Morgan fingerprint density at radius 2 is 1.87 bits per heavy atom. The molecule has 82 valence electrons. The maximum Gasteiger partial charge on any atom is 0.163 e. The molecule has 0 spiro atoms. The fourth-order valence-electron chi connectivity index (χ4n) is 2.35. The lowest BCUT2D eigenvalue weighted by Crippen LogP contribution is -2.20. The van der Waals surface area contributed by atoms with Crippen LogP contribution in [0.4, 0.5) is 8.78 Å². The van der Waals surface area contributed by atoms with Gasteiger partial charge in [-0.1, -0.05) is 25.0 Å². The summed E-state index contributed by atoms with van der Waals surface area (Å²) in [6.45, 7) is 0. The predicted molar refractivity (Wildman–Crippen MR) is 55.2 cm³/mol. The molecule has 1 aromatic rings.